The third-order valence-electron chi connectivity index (χ3n) is 2.21. The minimum atomic E-state index is -0.152. The van der Waals surface area contributed by atoms with E-state index in [1.165, 1.54) is 6.20 Å². The number of nitrogens with zero attached hydrogens (tertiary/aromatic N) is 1. The van der Waals surface area contributed by atoms with Crippen molar-refractivity contribution >= 4 is 10.9 Å². The van der Waals surface area contributed by atoms with Crippen LogP contribution in [0.2, 0.25) is 0 Å². The van der Waals surface area contributed by atoms with E-state index in [9.17, 15) is 4.39 Å². The highest BCUT2D eigenvalue weighted by Crippen LogP contribution is 2.24. The fourth-order valence-corrected chi connectivity index (χ4v) is 1.45. The number of aromatic amines is 1. The molecule has 2 nitrogen and oxygen atoms in total. The van der Waals surface area contributed by atoms with Crippen LogP contribution in [0.3, 0.4) is 0 Å². The molecule has 0 spiro atoms. The van der Waals surface area contributed by atoms with E-state index < -0.39 is 0 Å². The van der Waals surface area contributed by atoms with E-state index in [-0.39, 0.29) is 11.7 Å². The van der Waals surface area contributed by atoms with Gasteiger partial charge in [-0.25, -0.2) is 4.39 Å². The molecule has 1 heterocycles. The molecule has 1 aromatic carbocycles. The summed E-state index contributed by atoms with van der Waals surface area (Å²) in [4.78, 5) is 0. The number of fused-ring (bicyclic) bond motifs is 1. The Labute approximate surface area is 75.8 Å². The average molecular weight is 178 g/mol. The van der Waals surface area contributed by atoms with Crippen molar-refractivity contribution < 1.29 is 4.39 Å². The molecule has 2 rings (SSSR count). The molecule has 0 fully saturated rings. The van der Waals surface area contributed by atoms with Gasteiger partial charge in [0.05, 0.1) is 17.1 Å². The minimum absolute atomic E-state index is 0.152. The molecule has 0 amide bonds. The summed E-state index contributed by atoms with van der Waals surface area (Å²) < 4.78 is 13.7. The summed E-state index contributed by atoms with van der Waals surface area (Å²) in [5.74, 6) is 0.0561. The number of nitrogens with one attached hydrogen (secondary N) is 1. The van der Waals surface area contributed by atoms with Crippen molar-refractivity contribution in [3.05, 3.63) is 29.7 Å². The molecular formula is C10H11FN2. The SMILES string of the molecule is CC(C)c1ccc2[nH]ncc2c1F. The Morgan fingerprint density at radius 3 is 2.85 bits per heavy atom. The zero-order chi connectivity index (χ0) is 9.42. The van der Waals surface area contributed by atoms with E-state index in [1.54, 1.807) is 6.07 Å². The van der Waals surface area contributed by atoms with Gasteiger partial charge < -0.3 is 0 Å². The van der Waals surface area contributed by atoms with Crippen LogP contribution >= 0.6 is 0 Å². The van der Waals surface area contributed by atoms with Crippen LogP contribution in [0.4, 0.5) is 4.39 Å². The van der Waals surface area contributed by atoms with Gasteiger partial charge in [-0.2, -0.15) is 5.10 Å². The van der Waals surface area contributed by atoms with Gasteiger partial charge in [0.2, 0.25) is 0 Å². The van der Waals surface area contributed by atoms with Gasteiger partial charge in [-0.3, -0.25) is 5.10 Å². The summed E-state index contributed by atoms with van der Waals surface area (Å²) in [6.45, 7) is 3.95. The molecule has 0 aliphatic rings. The highest BCUT2D eigenvalue weighted by atomic mass is 19.1. The molecule has 0 saturated carbocycles. The van der Waals surface area contributed by atoms with Gasteiger partial charge in [-0.05, 0) is 17.5 Å². The summed E-state index contributed by atoms with van der Waals surface area (Å²) >= 11 is 0. The van der Waals surface area contributed by atoms with Crippen LogP contribution in [0.15, 0.2) is 18.3 Å². The molecule has 0 bridgehead atoms. The van der Waals surface area contributed by atoms with Gasteiger partial charge in [0.15, 0.2) is 0 Å². The number of aromatic nitrogens is 2. The van der Waals surface area contributed by atoms with Gasteiger partial charge in [-0.15, -0.1) is 0 Å². The molecule has 13 heavy (non-hydrogen) atoms. The van der Waals surface area contributed by atoms with Crippen LogP contribution in [0.1, 0.15) is 25.3 Å². The smallest absolute Gasteiger partial charge is 0.137 e. The van der Waals surface area contributed by atoms with Gasteiger partial charge >= 0.3 is 0 Å². The zero-order valence-corrected chi connectivity index (χ0v) is 7.63. The Bertz CT molecular complexity index is 431. The molecule has 0 aliphatic heterocycles. The van der Waals surface area contributed by atoms with Crippen molar-refractivity contribution in [2.45, 2.75) is 19.8 Å². The maximum atomic E-state index is 13.7. The molecule has 0 unspecified atom stereocenters. The van der Waals surface area contributed by atoms with E-state index >= 15 is 0 Å². The Kier molecular flexibility index (Phi) is 1.79. The summed E-state index contributed by atoms with van der Waals surface area (Å²) in [5.41, 5.74) is 1.50. The first-order valence-corrected chi connectivity index (χ1v) is 4.31. The molecule has 2 aromatic rings. The standard InChI is InChI=1S/C10H11FN2/c1-6(2)7-3-4-9-8(10(7)11)5-12-13-9/h3-6H,1-2H3,(H,12,13). The average Bonchev–Trinajstić information content (AvgIpc) is 2.52. The monoisotopic (exact) mass is 178 g/mol. The molecule has 1 N–H and O–H groups in total. The second-order valence-electron chi connectivity index (χ2n) is 3.45. The molecule has 0 atom stereocenters. The minimum Gasteiger partial charge on any atom is -0.278 e. The Hall–Kier alpha value is -1.38. The van der Waals surface area contributed by atoms with Crippen molar-refractivity contribution in [2.24, 2.45) is 0 Å². The van der Waals surface area contributed by atoms with Crippen LogP contribution in [0, 0.1) is 5.82 Å². The molecule has 1 aromatic heterocycles. The maximum absolute atomic E-state index is 13.7. The first-order valence-electron chi connectivity index (χ1n) is 4.31. The molecule has 0 radical (unpaired) electrons. The predicted octanol–water partition coefficient (Wildman–Crippen LogP) is 2.83. The molecule has 0 saturated heterocycles. The summed E-state index contributed by atoms with van der Waals surface area (Å²) in [6, 6.07) is 3.67. The summed E-state index contributed by atoms with van der Waals surface area (Å²) in [5, 5.41) is 7.11. The third-order valence-corrected chi connectivity index (χ3v) is 2.21. The molecular weight excluding hydrogens is 167 g/mol. The van der Waals surface area contributed by atoms with E-state index in [0.29, 0.717) is 5.39 Å². The van der Waals surface area contributed by atoms with Gasteiger partial charge in [0.1, 0.15) is 5.82 Å². The number of halogens is 1. The largest absolute Gasteiger partial charge is 0.278 e. The normalized spacial score (nSPS) is 11.4. The van der Waals surface area contributed by atoms with Gasteiger partial charge in [0, 0.05) is 0 Å². The van der Waals surface area contributed by atoms with E-state index in [4.69, 9.17) is 0 Å². The van der Waals surface area contributed by atoms with Crippen LogP contribution in [-0.4, -0.2) is 10.2 Å². The van der Waals surface area contributed by atoms with E-state index in [1.807, 2.05) is 19.9 Å². The molecule has 0 aliphatic carbocycles. The van der Waals surface area contributed by atoms with Crippen molar-refractivity contribution in [3.63, 3.8) is 0 Å². The lowest BCUT2D eigenvalue weighted by Crippen LogP contribution is -1.92. The highest BCUT2D eigenvalue weighted by molar-refractivity contribution is 5.79. The Morgan fingerprint density at radius 2 is 2.15 bits per heavy atom. The first kappa shape index (κ1) is 8.23. The summed E-state index contributed by atoms with van der Waals surface area (Å²) in [6.07, 6.45) is 1.52. The number of benzene rings is 1. The van der Waals surface area contributed by atoms with E-state index in [2.05, 4.69) is 10.2 Å². The van der Waals surface area contributed by atoms with Crippen molar-refractivity contribution in [1.29, 1.82) is 0 Å². The Balaban J connectivity index is 2.73. The number of rotatable bonds is 1. The Morgan fingerprint density at radius 1 is 1.38 bits per heavy atom. The second-order valence-corrected chi connectivity index (χ2v) is 3.45. The second kappa shape index (κ2) is 2.83. The number of hydrogen-bond donors (Lipinski definition) is 1. The first-order chi connectivity index (χ1) is 6.20. The van der Waals surface area contributed by atoms with Crippen molar-refractivity contribution in [2.75, 3.05) is 0 Å². The zero-order valence-electron chi connectivity index (χ0n) is 7.63. The lowest BCUT2D eigenvalue weighted by atomic mass is 10.0. The quantitative estimate of drug-likeness (QED) is 0.714. The molecule has 3 heteroatoms. The lowest BCUT2D eigenvalue weighted by molar-refractivity contribution is 0.610. The lowest BCUT2D eigenvalue weighted by Gasteiger charge is -2.06. The van der Waals surface area contributed by atoms with Crippen molar-refractivity contribution in [1.82, 2.24) is 10.2 Å². The van der Waals surface area contributed by atoms with Crippen LogP contribution < -0.4 is 0 Å². The predicted molar refractivity (Wildman–Crippen MR) is 50.1 cm³/mol. The van der Waals surface area contributed by atoms with E-state index in [0.717, 1.165) is 11.1 Å². The fourth-order valence-electron chi connectivity index (χ4n) is 1.45. The highest BCUT2D eigenvalue weighted by Gasteiger charge is 2.10. The van der Waals surface area contributed by atoms with Crippen LogP contribution in [0.25, 0.3) is 10.9 Å². The van der Waals surface area contributed by atoms with Crippen LogP contribution in [0.5, 0.6) is 0 Å². The van der Waals surface area contributed by atoms with Crippen molar-refractivity contribution in [3.8, 4) is 0 Å². The molecule has 68 valence electrons. The number of hydrogen-bond acceptors (Lipinski definition) is 1. The fraction of sp³-hybridized carbons (Fsp3) is 0.300. The van der Waals surface area contributed by atoms with Gasteiger partial charge in [-0.1, -0.05) is 19.9 Å². The van der Waals surface area contributed by atoms with Crippen LogP contribution in [-0.2, 0) is 0 Å². The topological polar surface area (TPSA) is 28.7 Å². The summed E-state index contributed by atoms with van der Waals surface area (Å²) in [7, 11) is 0. The number of H-pyrrole nitrogens is 1. The third kappa shape index (κ3) is 1.20. The van der Waals surface area contributed by atoms with Gasteiger partial charge in [0.25, 0.3) is 0 Å². The maximum Gasteiger partial charge on any atom is 0.137 e.